The fourth-order valence-corrected chi connectivity index (χ4v) is 2.09. The van der Waals surface area contributed by atoms with E-state index in [-0.39, 0.29) is 24.7 Å². The van der Waals surface area contributed by atoms with Crippen LogP contribution in [0.3, 0.4) is 0 Å². The van der Waals surface area contributed by atoms with Crippen LogP contribution in [0.5, 0.6) is 11.5 Å². The van der Waals surface area contributed by atoms with E-state index < -0.39 is 5.97 Å². The van der Waals surface area contributed by atoms with E-state index in [1.165, 1.54) is 0 Å². The van der Waals surface area contributed by atoms with Crippen LogP contribution in [0.25, 0.3) is 10.9 Å². The molecular formula is C13H11NO5. The molecule has 1 aliphatic rings. The van der Waals surface area contributed by atoms with Gasteiger partial charge in [-0.1, -0.05) is 0 Å². The van der Waals surface area contributed by atoms with Crippen molar-refractivity contribution in [2.24, 2.45) is 0 Å². The largest absolute Gasteiger partial charge is 0.461 e. The Labute approximate surface area is 108 Å². The second-order valence-electron chi connectivity index (χ2n) is 4.00. The Hall–Kier alpha value is -2.50. The maximum atomic E-state index is 11.8. The lowest BCUT2D eigenvalue weighted by Crippen LogP contribution is -2.07. The molecule has 19 heavy (non-hydrogen) atoms. The van der Waals surface area contributed by atoms with Crippen LogP contribution < -0.4 is 9.47 Å². The summed E-state index contributed by atoms with van der Waals surface area (Å²) in [5.41, 5.74) is 1.05. The summed E-state index contributed by atoms with van der Waals surface area (Å²) in [6.07, 6.45) is 0.632. The molecule has 0 spiro atoms. The zero-order valence-electron chi connectivity index (χ0n) is 10.2. The van der Waals surface area contributed by atoms with Crippen LogP contribution in [0.2, 0.25) is 0 Å². The van der Waals surface area contributed by atoms with Gasteiger partial charge in [0.25, 0.3) is 0 Å². The van der Waals surface area contributed by atoms with E-state index in [0.29, 0.717) is 28.7 Å². The first-order valence-electron chi connectivity index (χ1n) is 5.82. The van der Waals surface area contributed by atoms with Crippen LogP contribution in [0.15, 0.2) is 12.1 Å². The molecule has 2 heterocycles. The van der Waals surface area contributed by atoms with E-state index in [2.05, 4.69) is 4.98 Å². The number of esters is 1. The van der Waals surface area contributed by atoms with Crippen molar-refractivity contribution in [2.75, 3.05) is 13.4 Å². The number of ether oxygens (including phenoxy) is 3. The summed E-state index contributed by atoms with van der Waals surface area (Å²) >= 11 is 0. The molecule has 1 aromatic carbocycles. The van der Waals surface area contributed by atoms with E-state index in [1.54, 1.807) is 19.1 Å². The molecule has 98 valence electrons. The van der Waals surface area contributed by atoms with Gasteiger partial charge in [0.2, 0.25) is 6.79 Å². The molecule has 3 rings (SSSR count). The summed E-state index contributed by atoms with van der Waals surface area (Å²) in [6, 6.07) is 3.38. The van der Waals surface area contributed by atoms with Crippen LogP contribution in [0, 0.1) is 0 Å². The Bertz CT molecular complexity index is 673. The van der Waals surface area contributed by atoms with E-state index in [1.807, 2.05) is 0 Å². The lowest BCUT2D eigenvalue weighted by atomic mass is 10.1. The molecule has 0 radical (unpaired) electrons. The number of H-pyrrole nitrogens is 1. The standard InChI is InChI=1S/C13H11NO5/c1-2-17-13(16)12-8(5-15)7-3-10-11(19-6-18-10)4-9(7)14-12/h3-5,14H,2,6H2,1H3. The number of benzene rings is 1. The monoisotopic (exact) mass is 261 g/mol. The van der Waals surface area contributed by atoms with Crippen molar-refractivity contribution >= 4 is 23.2 Å². The summed E-state index contributed by atoms with van der Waals surface area (Å²) in [4.78, 5) is 25.9. The van der Waals surface area contributed by atoms with E-state index in [0.717, 1.165) is 0 Å². The first-order valence-corrected chi connectivity index (χ1v) is 5.82. The number of nitrogens with one attached hydrogen (secondary N) is 1. The van der Waals surface area contributed by atoms with Crippen LogP contribution in [0.1, 0.15) is 27.8 Å². The molecule has 0 aliphatic carbocycles. The normalized spacial score (nSPS) is 12.7. The minimum Gasteiger partial charge on any atom is -0.461 e. The van der Waals surface area contributed by atoms with Crippen molar-refractivity contribution < 1.29 is 23.8 Å². The molecule has 1 aliphatic heterocycles. The van der Waals surface area contributed by atoms with Crippen molar-refractivity contribution in [1.29, 1.82) is 0 Å². The number of hydrogen-bond acceptors (Lipinski definition) is 5. The Morgan fingerprint density at radius 3 is 2.84 bits per heavy atom. The molecule has 0 unspecified atom stereocenters. The molecule has 2 aromatic rings. The lowest BCUT2D eigenvalue weighted by molar-refractivity contribution is 0.0518. The summed E-state index contributed by atoms with van der Waals surface area (Å²) in [5.74, 6) is 0.592. The SMILES string of the molecule is CCOC(=O)c1[nH]c2cc3c(cc2c1C=O)OCO3. The number of fused-ring (bicyclic) bond motifs is 2. The Balaban J connectivity index is 2.19. The molecule has 0 fully saturated rings. The quantitative estimate of drug-likeness (QED) is 0.674. The molecule has 0 saturated heterocycles. The molecular weight excluding hydrogens is 250 g/mol. The van der Waals surface area contributed by atoms with Gasteiger partial charge in [0.05, 0.1) is 17.7 Å². The predicted octanol–water partition coefficient (Wildman–Crippen LogP) is 1.89. The number of carbonyl (C=O) groups is 2. The fourth-order valence-electron chi connectivity index (χ4n) is 2.09. The zero-order chi connectivity index (χ0) is 13.4. The number of aromatic nitrogens is 1. The second-order valence-corrected chi connectivity index (χ2v) is 4.00. The van der Waals surface area contributed by atoms with Crippen LogP contribution >= 0.6 is 0 Å². The molecule has 1 N–H and O–H groups in total. The van der Waals surface area contributed by atoms with Gasteiger partial charge in [0.15, 0.2) is 17.8 Å². The van der Waals surface area contributed by atoms with E-state index >= 15 is 0 Å². The smallest absolute Gasteiger partial charge is 0.355 e. The highest BCUT2D eigenvalue weighted by molar-refractivity contribution is 6.08. The van der Waals surface area contributed by atoms with Gasteiger partial charge in [-0.3, -0.25) is 4.79 Å². The Kier molecular flexibility index (Phi) is 2.63. The van der Waals surface area contributed by atoms with Gasteiger partial charge >= 0.3 is 5.97 Å². The zero-order valence-corrected chi connectivity index (χ0v) is 10.2. The first-order chi connectivity index (χ1) is 9.24. The first kappa shape index (κ1) is 11.6. The van der Waals surface area contributed by atoms with Gasteiger partial charge in [-0.2, -0.15) is 0 Å². The Morgan fingerprint density at radius 1 is 1.42 bits per heavy atom. The highest BCUT2D eigenvalue weighted by Crippen LogP contribution is 2.37. The number of hydrogen-bond donors (Lipinski definition) is 1. The van der Waals surface area contributed by atoms with E-state index in [4.69, 9.17) is 14.2 Å². The van der Waals surface area contributed by atoms with Crippen LogP contribution in [-0.2, 0) is 4.74 Å². The van der Waals surface area contributed by atoms with E-state index in [9.17, 15) is 9.59 Å². The Morgan fingerprint density at radius 2 is 2.16 bits per heavy atom. The van der Waals surface area contributed by atoms with Crippen molar-refractivity contribution in [3.8, 4) is 11.5 Å². The summed E-state index contributed by atoms with van der Waals surface area (Å²) in [5, 5.41) is 0.613. The lowest BCUT2D eigenvalue weighted by Gasteiger charge is -1.99. The average molecular weight is 261 g/mol. The highest BCUT2D eigenvalue weighted by Gasteiger charge is 2.22. The van der Waals surface area contributed by atoms with Crippen molar-refractivity contribution in [1.82, 2.24) is 4.98 Å². The summed E-state index contributed by atoms with van der Waals surface area (Å²) in [6.45, 7) is 2.11. The molecule has 6 heteroatoms. The number of aldehydes is 1. The van der Waals surface area contributed by atoms with Gasteiger partial charge in [-0.15, -0.1) is 0 Å². The van der Waals surface area contributed by atoms with Gasteiger partial charge < -0.3 is 19.2 Å². The van der Waals surface area contributed by atoms with Gasteiger partial charge in [-0.05, 0) is 13.0 Å². The third-order valence-electron chi connectivity index (χ3n) is 2.93. The fraction of sp³-hybridized carbons (Fsp3) is 0.231. The molecule has 6 nitrogen and oxygen atoms in total. The molecule has 1 aromatic heterocycles. The minimum absolute atomic E-state index is 0.149. The van der Waals surface area contributed by atoms with Crippen LogP contribution in [-0.4, -0.2) is 30.6 Å². The van der Waals surface area contributed by atoms with Crippen molar-refractivity contribution in [3.63, 3.8) is 0 Å². The molecule has 0 bridgehead atoms. The molecule has 0 saturated carbocycles. The maximum Gasteiger partial charge on any atom is 0.355 e. The summed E-state index contributed by atoms with van der Waals surface area (Å²) in [7, 11) is 0. The number of rotatable bonds is 3. The third-order valence-corrected chi connectivity index (χ3v) is 2.93. The van der Waals surface area contributed by atoms with Crippen molar-refractivity contribution in [2.45, 2.75) is 6.92 Å². The van der Waals surface area contributed by atoms with Gasteiger partial charge in [-0.25, -0.2) is 4.79 Å². The topological polar surface area (TPSA) is 77.6 Å². The maximum absolute atomic E-state index is 11.8. The molecule has 0 atom stereocenters. The number of aromatic amines is 1. The average Bonchev–Trinajstić information content (AvgIpc) is 2.98. The second kappa shape index (κ2) is 4.31. The number of carbonyl (C=O) groups excluding carboxylic acids is 2. The van der Waals surface area contributed by atoms with Gasteiger partial charge in [0, 0.05) is 11.5 Å². The van der Waals surface area contributed by atoms with Crippen molar-refractivity contribution in [3.05, 3.63) is 23.4 Å². The minimum atomic E-state index is -0.553. The summed E-state index contributed by atoms with van der Waals surface area (Å²) < 4.78 is 15.4. The third kappa shape index (κ3) is 1.72. The van der Waals surface area contributed by atoms with Crippen LogP contribution in [0.4, 0.5) is 0 Å². The van der Waals surface area contributed by atoms with Gasteiger partial charge in [0.1, 0.15) is 5.69 Å². The molecule has 0 amide bonds. The highest BCUT2D eigenvalue weighted by atomic mass is 16.7. The predicted molar refractivity (Wildman–Crippen MR) is 65.8 cm³/mol.